The maximum Gasteiger partial charge on any atom is 0.140 e. The molecule has 1 saturated carbocycles. The molecule has 0 bridgehead atoms. The first kappa shape index (κ1) is 19.2. The average molecular weight is 403 g/mol. The second-order valence-electron chi connectivity index (χ2n) is 8.78. The van der Waals surface area contributed by atoms with Crippen molar-refractivity contribution in [1.29, 1.82) is 0 Å². The molecule has 1 aromatic heterocycles. The summed E-state index contributed by atoms with van der Waals surface area (Å²) in [6, 6.07) is 15.0. The quantitative estimate of drug-likeness (QED) is 0.603. The summed E-state index contributed by atoms with van der Waals surface area (Å²) in [5.41, 5.74) is 3.59. The van der Waals surface area contributed by atoms with Crippen molar-refractivity contribution in [1.82, 2.24) is 9.97 Å². The molecule has 0 radical (unpaired) electrons. The van der Waals surface area contributed by atoms with Crippen LogP contribution in [0.3, 0.4) is 0 Å². The number of nitrogens with zero attached hydrogens (tertiary/aromatic N) is 4. The lowest BCUT2D eigenvalue weighted by molar-refractivity contribution is 0.397. The van der Waals surface area contributed by atoms with E-state index in [1.54, 1.807) is 7.11 Å². The number of fused-ring (bicyclic) bond motifs is 1. The van der Waals surface area contributed by atoms with E-state index in [4.69, 9.17) is 14.7 Å². The van der Waals surface area contributed by atoms with Crippen LogP contribution in [0.1, 0.15) is 48.9 Å². The highest BCUT2D eigenvalue weighted by Gasteiger charge is 2.30. The first-order chi connectivity index (χ1) is 14.6. The lowest BCUT2D eigenvalue weighted by atomic mass is 9.88. The highest BCUT2D eigenvalue weighted by atomic mass is 16.5. The minimum atomic E-state index is 0.533. The van der Waals surface area contributed by atoms with Crippen LogP contribution in [0.25, 0.3) is 10.9 Å². The van der Waals surface area contributed by atoms with E-state index in [1.165, 1.54) is 29.5 Å². The van der Waals surface area contributed by atoms with Crippen LogP contribution in [0, 0.1) is 0 Å². The molecule has 0 unspecified atom stereocenters. The summed E-state index contributed by atoms with van der Waals surface area (Å²) in [7, 11) is 5.93. The molecule has 1 aliphatic carbocycles. The van der Waals surface area contributed by atoms with Crippen LogP contribution < -0.4 is 14.5 Å². The first-order valence-electron chi connectivity index (χ1n) is 11.0. The molecule has 2 heterocycles. The van der Waals surface area contributed by atoms with Crippen LogP contribution in [-0.4, -0.2) is 44.3 Å². The van der Waals surface area contributed by atoms with Gasteiger partial charge in [-0.25, -0.2) is 9.97 Å². The summed E-state index contributed by atoms with van der Waals surface area (Å²) >= 11 is 0. The number of hydrogen-bond donors (Lipinski definition) is 0. The van der Waals surface area contributed by atoms with Crippen molar-refractivity contribution in [2.24, 2.45) is 0 Å². The second kappa shape index (κ2) is 7.78. The molecule has 156 valence electrons. The minimum absolute atomic E-state index is 0.533. The molecule has 1 saturated heterocycles. The zero-order valence-electron chi connectivity index (χ0n) is 18.1. The Bertz CT molecular complexity index is 1050. The smallest absolute Gasteiger partial charge is 0.140 e. The van der Waals surface area contributed by atoms with Gasteiger partial charge in [-0.05, 0) is 61.4 Å². The standard InChI is InChI=1S/C25H30N4O/c1-28(2)19-10-11-22-21(16-19)25(27-24(26-22)18-8-9-18)29-14-12-17(13-15-29)20-6-4-5-7-23(20)30-3/h4-7,10-11,16-18H,8-9,12-15H2,1-3H3. The fourth-order valence-electron chi connectivity index (χ4n) is 4.57. The summed E-state index contributed by atoms with van der Waals surface area (Å²) in [5, 5.41) is 1.17. The van der Waals surface area contributed by atoms with Gasteiger partial charge in [0.05, 0.1) is 12.6 Å². The van der Waals surface area contributed by atoms with Crippen LogP contribution in [0.5, 0.6) is 5.75 Å². The number of hydrogen-bond acceptors (Lipinski definition) is 5. The molecular weight excluding hydrogens is 372 g/mol. The van der Waals surface area contributed by atoms with Gasteiger partial charge < -0.3 is 14.5 Å². The third kappa shape index (κ3) is 3.57. The third-order valence-electron chi connectivity index (χ3n) is 6.51. The maximum atomic E-state index is 5.61. The average Bonchev–Trinajstić information content (AvgIpc) is 3.63. The molecule has 2 aliphatic rings. The molecule has 5 nitrogen and oxygen atoms in total. The van der Waals surface area contributed by atoms with Gasteiger partial charge in [0, 0.05) is 44.2 Å². The Morgan fingerprint density at radius 3 is 2.40 bits per heavy atom. The summed E-state index contributed by atoms with van der Waals surface area (Å²) in [4.78, 5) is 14.6. The Morgan fingerprint density at radius 1 is 0.933 bits per heavy atom. The molecule has 5 heteroatoms. The van der Waals surface area contributed by atoms with E-state index in [2.05, 4.69) is 60.3 Å². The largest absolute Gasteiger partial charge is 0.496 e. The summed E-state index contributed by atoms with van der Waals surface area (Å²) in [6.45, 7) is 2.01. The minimum Gasteiger partial charge on any atom is -0.496 e. The summed E-state index contributed by atoms with van der Waals surface area (Å²) in [6.07, 6.45) is 4.66. The zero-order chi connectivity index (χ0) is 20.7. The molecule has 0 N–H and O–H groups in total. The SMILES string of the molecule is COc1ccccc1C1CCN(c2nc(C3CC3)nc3ccc(N(C)C)cc23)CC1. The van der Waals surface area contributed by atoms with E-state index in [0.29, 0.717) is 11.8 Å². The zero-order valence-corrected chi connectivity index (χ0v) is 18.1. The van der Waals surface area contributed by atoms with Gasteiger partial charge in [0.2, 0.25) is 0 Å². The highest BCUT2D eigenvalue weighted by molar-refractivity contribution is 5.92. The predicted octanol–water partition coefficient (Wildman–Crippen LogP) is 4.97. The fourth-order valence-corrected chi connectivity index (χ4v) is 4.57. The van der Waals surface area contributed by atoms with Crippen LogP contribution in [0.15, 0.2) is 42.5 Å². The molecule has 3 aromatic rings. The van der Waals surface area contributed by atoms with E-state index in [9.17, 15) is 0 Å². The number of ether oxygens (including phenoxy) is 1. The molecule has 0 spiro atoms. The number of anilines is 2. The Hall–Kier alpha value is -2.82. The van der Waals surface area contributed by atoms with Gasteiger partial charge in [-0.1, -0.05) is 18.2 Å². The van der Waals surface area contributed by atoms with Crippen LogP contribution in [-0.2, 0) is 0 Å². The van der Waals surface area contributed by atoms with E-state index < -0.39 is 0 Å². The van der Waals surface area contributed by atoms with Crippen molar-refractivity contribution in [3.8, 4) is 5.75 Å². The third-order valence-corrected chi connectivity index (χ3v) is 6.51. The number of para-hydroxylation sites is 1. The van der Waals surface area contributed by atoms with Crippen molar-refractivity contribution in [3.63, 3.8) is 0 Å². The van der Waals surface area contributed by atoms with Crippen LogP contribution >= 0.6 is 0 Å². The maximum absolute atomic E-state index is 5.61. The molecule has 2 aromatic carbocycles. The fraction of sp³-hybridized carbons (Fsp3) is 0.440. The van der Waals surface area contributed by atoms with Gasteiger partial charge in [0.15, 0.2) is 0 Å². The van der Waals surface area contributed by atoms with Gasteiger partial charge in [0.1, 0.15) is 17.4 Å². The van der Waals surface area contributed by atoms with Gasteiger partial charge in [-0.3, -0.25) is 0 Å². The molecule has 5 rings (SSSR count). The summed E-state index contributed by atoms with van der Waals surface area (Å²) in [5.74, 6) is 4.24. The van der Waals surface area contributed by atoms with Crippen molar-refractivity contribution in [2.75, 3.05) is 44.1 Å². The van der Waals surface area contributed by atoms with Gasteiger partial charge in [-0.15, -0.1) is 0 Å². The highest BCUT2D eigenvalue weighted by Crippen LogP contribution is 2.41. The van der Waals surface area contributed by atoms with Gasteiger partial charge in [0.25, 0.3) is 0 Å². The summed E-state index contributed by atoms with van der Waals surface area (Å²) < 4.78 is 5.61. The van der Waals surface area contributed by atoms with Crippen molar-refractivity contribution < 1.29 is 4.74 Å². The topological polar surface area (TPSA) is 41.5 Å². The number of aromatic nitrogens is 2. The lowest BCUT2D eigenvalue weighted by Crippen LogP contribution is -2.34. The Kier molecular flexibility index (Phi) is 4.97. The van der Waals surface area contributed by atoms with Crippen molar-refractivity contribution >= 4 is 22.4 Å². The second-order valence-corrected chi connectivity index (χ2v) is 8.78. The normalized spacial score (nSPS) is 17.4. The van der Waals surface area contributed by atoms with E-state index in [0.717, 1.165) is 48.8 Å². The number of benzene rings is 2. The molecule has 2 fully saturated rings. The number of rotatable bonds is 5. The monoisotopic (exact) mass is 402 g/mol. The molecule has 0 atom stereocenters. The van der Waals surface area contributed by atoms with E-state index >= 15 is 0 Å². The lowest BCUT2D eigenvalue weighted by Gasteiger charge is -2.34. The van der Waals surface area contributed by atoms with Crippen molar-refractivity contribution in [3.05, 3.63) is 53.9 Å². The Labute approximate surface area is 178 Å². The Balaban J connectivity index is 1.46. The first-order valence-corrected chi connectivity index (χ1v) is 11.0. The van der Waals surface area contributed by atoms with Crippen LogP contribution in [0.2, 0.25) is 0 Å². The Morgan fingerprint density at radius 2 is 1.70 bits per heavy atom. The number of piperidine rings is 1. The van der Waals surface area contributed by atoms with Crippen LogP contribution in [0.4, 0.5) is 11.5 Å². The molecule has 1 aliphatic heterocycles. The molecule has 0 amide bonds. The van der Waals surface area contributed by atoms with Gasteiger partial charge in [-0.2, -0.15) is 0 Å². The van der Waals surface area contributed by atoms with Gasteiger partial charge >= 0.3 is 0 Å². The predicted molar refractivity (Wildman–Crippen MR) is 123 cm³/mol. The van der Waals surface area contributed by atoms with E-state index in [1.807, 2.05) is 6.07 Å². The molecular formula is C25H30N4O. The molecule has 30 heavy (non-hydrogen) atoms. The van der Waals surface area contributed by atoms with E-state index in [-0.39, 0.29) is 0 Å². The number of methoxy groups -OCH3 is 1. The van der Waals surface area contributed by atoms with Crippen molar-refractivity contribution in [2.45, 2.75) is 37.5 Å².